The minimum atomic E-state index is -0.763. The smallest absolute Gasteiger partial charge is 0.493 e. The number of allylic oxidation sites excluding steroid dienone is 2. The topological polar surface area (TPSA) is 131 Å². The molecule has 9 nitrogen and oxygen atoms in total. The average Bonchev–Trinajstić information content (AvgIpc) is 3.16. The van der Waals surface area contributed by atoms with Gasteiger partial charge in [-0.05, 0) is 81.1 Å². The van der Waals surface area contributed by atoms with Gasteiger partial charge < -0.3 is 14.2 Å². The van der Waals surface area contributed by atoms with Gasteiger partial charge >= 0.3 is 181 Å². The van der Waals surface area contributed by atoms with E-state index in [9.17, 15) is 19.2 Å². The predicted molar refractivity (Wildman–Crippen MR) is 230 cm³/mol. The second-order valence-corrected chi connectivity index (χ2v) is 21.9. The summed E-state index contributed by atoms with van der Waals surface area (Å²) in [5.41, 5.74) is 6.43. The van der Waals surface area contributed by atoms with Crippen LogP contribution in [0.5, 0.6) is 11.5 Å². The van der Waals surface area contributed by atoms with Crippen molar-refractivity contribution in [3.05, 3.63) is 41.5 Å². The molecule has 11 heteroatoms. The average molecular weight is 889 g/mol. The molecule has 5 aliphatic rings. The molecule has 58 heavy (non-hydrogen) atoms. The Morgan fingerprint density at radius 1 is 0.966 bits per heavy atom. The molecule has 0 heterocycles. The predicted octanol–water partition coefficient (Wildman–Crippen LogP) is 9.38. The molecule has 6 rings (SSSR count). The zero-order chi connectivity index (χ0) is 41.8. The SMILES string of the molecule is CCOC(=O)/C=C/c1ccc(OC(=O)[C@@]2(C)CC[C@]3(C)CC[C@]4(C)C(=CC(=O)[C@@H]5[C@@]6(C)CC[C@H](OC(=O)[C@@H](N)CC[Se]C)C(C)(C)[C@@H]6CC[C@]54C)[C@H]3C2)c(OC)c1.Cl. The summed E-state index contributed by atoms with van der Waals surface area (Å²) in [4.78, 5) is 54.2. The number of ether oxygens (including phenoxy) is 4. The maximum atomic E-state index is 15.0. The van der Waals surface area contributed by atoms with Gasteiger partial charge in [-0.15, -0.1) is 12.4 Å². The normalized spacial score (nSPS) is 36.7. The van der Waals surface area contributed by atoms with Crippen LogP contribution in [0.25, 0.3) is 6.08 Å². The summed E-state index contributed by atoms with van der Waals surface area (Å²) < 4.78 is 23.0. The Bertz CT molecular complexity index is 1830. The number of benzene rings is 1. The summed E-state index contributed by atoms with van der Waals surface area (Å²) in [5.74, 6) is 2.24. The van der Waals surface area contributed by atoms with Gasteiger partial charge in [0, 0.05) is 6.08 Å². The molecule has 0 bridgehead atoms. The Morgan fingerprint density at radius 3 is 2.34 bits per heavy atom. The molecule has 10 atom stereocenters. The first-order chi connectivity index (χ1) is 26.7. The Balaban J connectivity index is 0.00000641. The fraction of sp³-hybridized carbons (Fsp3) is 0.702. The number of halogens is 1. The van der Waals surface area contributed by atoms with Gasteiger partial charge in [0.2, 0.25) is 0 Å². The van der Waals surface area contributed by atoms with E-state index < -0.39 is 17.4 Å². The number of methoxy groups -OCH3 is 1. The van der Waals surface area contributed by atoms with E-state index >= 15 is 0 Å². The van der Waals surface area contributed by atoms with Crippen molar-refractivity contribution < 1.29 is 38.1 Å². The fourth-order valence-electron chi connectivity index (χ4n) is 12.6. The van der Waals surface area contributed by atoms with E-state index in [0.717, 1.165) is 50.3 Å². The molecule has 5 aliphatic carbocycles. The van der Waals surface area contributed by atoms with Crippen LogP contribution in [-0.2, 0) is 28.7 Å². The summed E-state index contributed by atoms with van der Waals surface area (Å²) >= 11 is 0.464. The zero-order valence-electron chi connectivity index (χ0n) is 36.5. The van der Waals surface area contributed by atoms with Crippen LogP contribution in [0.2, 0.25) is 11.1 Å². The number of ketones is 1. The van der Waals surface area contributed by atoms with Crippen molar-refractivity contribution in [3.63, 3.8) is 0 Å². The molecule has 0 unspecified atom stereocenters. The summed E-state index contributed by atoms with van der Waals surface area (Å²) in [5, 5.41) is 0.960. The van der Waals surface area contributed by atoms with Crippen LogP contribution in [-0.4, -0.2) is 64.5 Å². The molecule has 0 spiro atoms. The molecule has 4 saturated carbocycles. The van der Waals surface area contributed by atoms with Gasteiger partial charge in [0.05, 0.1) is 19.1 Å². The van der Waals surface area contributed by atoms with Crippen molar-refractivity contribution >= 4 is 57.1 Å². The molecule has 2 N–H and O–H groups in total. The second-order valence-electron chi connectivity index (χ2n) is 19.8. The molecule has 4 fully saturated rings. The monoisotopic (exact) mass is 889 g/mol. The van der Waals surface area contributed by atoms with Crippen molar-refractivity contribution in [3.8, 4) is 11.5 Å². The summed E-state index contributed by atoms with van der Waals surface area (Å²) in [6.07, 6.45) is 13.2. The molecule has 0 aromatic heterocycles. The van der Waals surface area contributed by atoms with Gasteiger partial charge in [0.15, 0.2) is 11.5 Å². The van der Waals surface area contributed by atoms with Gasteiger partial charge in [-0.2, -0.15) is 0 Å². The van der Waals surface area contributed by atoms with Gasteiger partial charge in [0.1, 0.15) is 0 Å². The third-order valence-corrected chi connectivity index (χ3v) is 17.6. The molecule has 1 aromatic rings. The number of hydrogen-bond acceptors (Lipinski definition) is 9. The molecule has 0 aliphatic heterocycles. The number of rotatable bonds is 11. The van der Waals surface area contributed by atoms with Crippen LogP contribution in [0.1, 0.15) is 125 Å². The number of esters is 3. The van der Waals surface area contributed by atoms with E-state index in [1.807, 2.05) is 13.0 Å². The molecule has 0 amide bonds. The number of nitrogens with two attached hydrogens (primary N) is 1. The van der Waals surface area contributed by atoms with E-state index in [1.54, 1.807) is 31.2 Å². The maximum absolute atomic E-state index is 15.0. The van der Waals surface area contributed by atoms with Crippen LogP contribution >= 0.6 is 12.4 Å². The van der Waals surface area contributed by atoms with Crippen molar-refractivity contribution in [2.75, 3.05) is 13.7 Å². The van der Waals surface area contributed by atoms with Crippen molar-refractivity contribution in [2.45, 2.75) is 143 Å². The number of carbonyl (C=O) groups excluding carboxylic acids is 4. The summed E-state index contributed by atoms with van der Waals surface area (Å²) in [6.45, 7) is 18.1. The first-order valence-corrected chi connectivity index (χ1v) is 24.1. The first kappa shape index (κ1) is 46.4. The number of carbonyl (C=O) groups is 4. The van der Waals surface area contributed by atoms with E-state index in [0.29, 0.717) is 57.9 Å². The summed E-state index contributed by atoms with van der Waals surface area (Å²) in [6, 6.07) is 4.64. The van der Waals surface area contributed by atoms with Gasteiger partial charge in [-0.3, -0.25) is 4.79 Å². The molecule has 0 radical (unpaired) electrons. The fourth-order valence-corrected chi connectivity index (χ4v) is 13.6. The molecular formula is C47H68ClNO8Se. The molecule has 1 aromatic carbocycles. The minimum Gasteiger partial charge on any atom is -0.493 e. The Hall–Kier alpha value is -2.65. The van der Waals surface area contributed by atoms with E-state index in [2.05, 4.69) is 47.4 Å². The Kier molecular flexibility index (Phi) is 13.6. The van der Waals surface area contributed by atoms with Gasteiger partial charge in [-0.1, -0.05) is 25.5 Å². The van der Waals surface area contributed by atoms with E-state index in [1.165, 1.54) is 18.8 Å². The number of fused-ring (bicyclic) bond motifs is 7. The van der Waals surface area contributed by atoms with Crippen LogP contribution in [0.4, 0.5) is 0 Å². The van der Waals surface area contributed by atoms with Crippen molar-refractivity contribution in [2.24, 2.45) is 56.0 Å². The van der Waals surface area contributed by atoms with Gasteiger partial charge in [0.25, 0.3) is 0 Å². The number of hydrogen-bond donors (Lipinski definition) is 1. The van der Waals surface area contributed by atoms with Crippen LogP contribution in [0.15, 0.2) is 35.9 Å². The Labute approximate surface area is 359 Å². The molecular weight excluding hydrogens is 821 g/mol. The van der Waals surface area contributed by atoms with Crippen LogP contribution in [0, 0.1) is 50.2 Å². The second kappa shape index (κ2) is 17.0. The zero-order valence-corrected chi connectivity index (χ0v) is 39.0. The Morgan fingerprint density at radius 2 is 1.67 bits per heavy atom. The van der Waals surface area contributed by atoms with Crippen molar-refractivity contribution in [1.29, 1.82) is 0 Å². The van der Waals surface area contributed by atoms with Crippen LogP contribution < -0.4 is 15.2 Å². The van der Waals surface area contributed by atoms with Crippen LogP contribution in [0.3, 0.4) is 0 Å². The summed E-state index contributed by atoms with van der Waals surface area (Å²) in [7, 11) is 1.53. The first-order valence-electron chi connectivity index (χ1n) is 21.2. The standard InChI is InChI=1S/C47H67NO8Se.ClH/c1-11-54-38(50)15-13-29-12-14-34(35(26-29)53-9)55-41(52)44(5)22-21-43(4)23-24-46(7)30(31(43)28-44)27-33(49)39-45(6)19-17-37(56-40(51)32(48)18-25-57-10)42(2,3)36(45)16-20-47(39,46)8;/h12-15,26-27,31-32,36-37,39H,11,16-25,28,48H2,1-10H3;1H/b15-13+;/t31-,32+,36+,37+,39-,43-,44+,45+,46-,47-;/m1./s1. The minimum absolute atomic E-state index is 0. The van der Waals surface area contributed by atoms with Crippen molar-refractivity contribution in [1.82, 2.24) is 0 Å². The van der Waals surface area contributed by atoms with E-state index in [4.69, 9.17) is 24.7 Å². The van der Waals surface area contributed by atoms with Gasteiger partial charge in [-0.25, -0.2) is 4.79 Å². The quantitative estimate of drug-likeness (QED) is 0.1000. The van der Waals surface area contributed by atoms with E-state index in [-0.39, 0.29) is 81.1 Å². The third kappa shape index (κ3) is 7.86. The molecule has 0 saturated heterocycles. The third-order valence-electron chi connectivity index (χ3n) is 16.3. The molecule has 322 valence electrons.